The minimum atomic E-state index is -0.162. The molecule has 23 heavy (non-hydrogen) atoms. The van der Waals surface area contributed by atoms with E-state index in [9.17, 15) is 4.79 Å². The molecule has 1 aromatic heterocycles. The summed E-state index contributed by atoms with van der Waals surface area (Å²) in [6.45, 7) is 5.03. The SMILES string of the molecule is Cc1c(CNC(=O)NCC2=CCN(C)CC2)oc2ccccc12. The van der Waals surface area contributed by atoms with E-state index < -0.39 is 0 Å². The molecule has 1 aliphatic heterocycles. The first kappa shape index (κ1) is 15.6. The van der Waals surface area contributed by atoms with E-state index in [0.29, 0.717) is 13.1 Å². The first-order valence-corrected chi connectivity index (χ1v) is 7.98. The number of furan rings is 1. The Hall–Kier alpha value is -2.27. The highest BCUT2D eigenvalue weighted by Gasteiger charge is 2.12. The predicted octanol–water partition coefficient (Wildman–Crippen LogP) is 2.80. The van der Waals surface area contributed by atoms with E-state index >= 15 is 0 Å². The van der Waals surface area contributed by atoms with Crippen molar-refractivity contribution in [2.75, 3.05) is 26.7 Å². The van der Waals surface area contributed by atoms with E-state index in [0.717, 1.165) is 41.8 Å². The lowest BCUT2D eigenvalue weighted by Crippen LogP contribution is -2.37. The molecule has 0 fully saturated rings. The van der Waals surface area contributed by atoms with Gasteiger partial charge in [0.1, 0.15) is 11.3 Å². The minimum Gasteiger partial charge on any atom is -0.459 e. The first-order chi connectivity index (χ1) is 11.1. The number of nitrogens with zero attached hydrogens (tertiary/aromatic N) is 1. The van der Waals surface area contributed by atoms with Crippen LogP contribution in [0, 0.1) is 6.92 Å². The summed E-state index contributed by atoms with van der Waals surface area (Å²) in [6, 6.07) is 7.75. The van der Waals surface area contributed by atoms with Crippen LogP contribution in [0.2, 0.25) is 0 Å². The molecule has 1 aromatic carbocycles. The third-order valence-corrected chi connectivity index (χ3v) is 4.33. The number of amides is 2. The lowest BCUT2D eigenvalue weighted by atomic mass is 10.1. The standard InChI is InChI=1S/C18H23N3O2/c1-13-15-5-3-4-6-16(15)23-17(13)12-20-18(22)19-11-14-7-9-21(2)10-8-14/h3-7H,8-12H2,1-2H3,(H2,19,20,22). The molecular weight excluding hydrogens is 290 g/mol. The fourth-order valence-electron chi connectivity index (χ4n) is 2.78. The van der Waals surface area contributed by atoms with Gasteiger partial charge in [-0.1, -0.05) is 29.8 Å². The second-order valence-electron chi connectivity index (χ2n) is 6.06. The van der Waals surface area contributed by atoms with Gasteiger partial charge in [0.05, 0.1) is 6.54 Å². The fraction of sp³-hybridized carbons (Fsp3) is 0.389. The molecule has 0 aliphatic carbocycles. The predicted molar refractivity (Wildman–Crippen MR) is 91.4 cm³/mol. The second-order valence-corrected chi connectivity index (χ2v) is 6.06. The maximum absolute atomic E-state index is 11.9. The van der Waals surface area contributed by atoms with Gasteiger partial charge in [-0.25, -0.2) is 4.79 Å². The van der Waals surface area contributed by atoms with Crippen molar-refractivity contribution in [3.63, 3.8) is 0 Å². The minimum absolute atomic E-state index is 0.162. The zero-order valence-corrected chi connectivity index (χ0v) is 13.7. The Labute approximate surface area is 136 Å². The third-order valence-electron chi connectivity index (χ3n) is 4.33. The molecule has 0 radical (unpaired) electrons. The number of carbonyl (C=O) groups excluding carboxylic acids is 1. The Bertz CT molecular complexity index is 733. The maximum Gasteiger partial charge on any atom is 0.315 e. The van der Waals surface area contributed by atoms with Crippen LogP contribution in [-0.4, -0.2) is 37.6 Å². The van der Waals surface area contributed by atoms with Gasteiger partial charge in [0.25, 0.3) is 0 Å². The van der Waals surface area contributed by atoms with Gasteiger partial charge in [-0.3, -0.25) is 0 Å². The average molecular weight is 313 g/mol. The van der Waals surface area contributed by atoms with Crippen molar-refractivity contribution in [3.8, 4) is 0 Å². The van der Waals surface area contributed by atoms with Crippen molar-refractivity contribution in [2.24, 2.45) is 0 Å². The quantitative estimate of drug-likeness (QED) is 0.853. The van der Waals surface area contributed by atoms with Gasteiger partial charge in [0, 0.05) is 30.6 Å². The number of aryl methyl sites for hydroxylation is 1. The number of likely N-dealkylation sites (N-methyl/N-ethyl adjacent to an activating group) is 1. The van der Waals surface area contributed by atoms with Crippen LogP contribution in [0.4, 0.5) is 4.79 Å². The van der Waals surface area contributed by atoms with Crippen LogP contribution in [0.15, 0.2) is 40.3 Å². The summed E-state index contributed by atoms with van der Waals surface area (Å²) >= 11 is 0. The summed E-state index contributed by atoms with van der Waals surface area (Å²) < 4.78 is 5.80. The Morgan fingerprint density at radius 3 is 2.78 bits per heavy atom. The van der Waals surface area contributed by atoms with E-state index in [1.165, 1.54) is 5.57 Å². The fourth-order valence-corrected chi connectivity index (χ4v) is 2.78. The Morgan fingerprint density at radius 2 is 2.04 bits per heavy atom. The van der Waals surface area contributed by atoms with Crippen LogP contribution in [0.1, 0.15) is 17.7 Å². The highest BCUT2D eigenvalue weighted by molar-refractivity contribution is 5.82. The molecule has 3 rings (SSSR count). The molecule has 2 amide bonds. The van der Waals surface area contributed by atoms with Gasteiger partial charge in [0.2, 0.25) is 0 Å². The van der Waals surface area contributed by atoms with Crippen molar-refractivity contribution in [1.82, 2.24) is 15.5 Å². The van der Waals surface area contributed by atoms with E-state index in [1.54, 1.807) is 0 Å². The van der Waals surface area contributed by atoms with Crippen LogP contribution in [0.3, 0.4) is 0 Å². The van der Waals surface area contributed by atoms with Crippen LogP contribution < -0.4 is 10.6 Å². The number of benzene rings is 1. The highest BCUT2D eigenvalue weighted by atomic mass is 16.3. The van der Waals surface area contributed by atoms with Gasteiger partial charge in [0.15, 0.2) is 0 Å². The summed E-state index contributed by atoms with van der Waals surface area (Å²) in [5.41, 5.74) is 3.23. The topological polar surface area (TPSA) is 57.5 Å². The highest BCUT2D eigenvalue weighted by Crippen LogP contribution is 2.24. The molecule has 0 unspecified atom stereocenters. The maximum atomic E-state index is 11.9. The Balaban J connectivity index is 1.51. The summed E-state index contributed by atoms with van der Waals surface area (Å²) in [4.78, 5) is 14.2. The lowest BCUT2D eigenvalue weighted by molar-refractivity contribution is 0.240. The van der Waals surface area contributed by atoms with Crippen LogP contribution >= 0.6 is 0 Å². The van der Waals surface area contributed by atoms with Gasteiger partial charge < -0.3 is 20.0 Å². The molecular formula is C18H23N3O2. The van der Waals surface area contributed by atoms with Gasteiger partial charge in [-0.05, 0) is 26.5 Å². The molecule has 0 saturated carbocycles. The largest absolute Gasteiger partial charge is 0.459 e. The number of hydrogen-bond acceptors (Lipinski definition) is 3. The number of nitrogens with one attached hydrogen (secondary N) is 2. The molecule has 0 saturated heterocycles. The molecule has 122 valence electrons. The van der Waals surface area contributed by atoms with E-state index in [-0.39, 0.29) is 6.03 Å². The zero-order valence-electron chi connectivity index (χ0n) is 13.7. The summed E-state index contributed by atoms with van der Waals surface area (Å²) in [5.74, 6) is 0.805. The molecule has 0 atom stereocenters. The van der Waals surface area contributed by atoms with Crippen LogP contribution in [-0.2, 0) is 6.54 Å². The van der Waals surface area contributed by atoms with E-state index in [1.807, 2.05) is 31.2 Å². The number of urea groups is 1. The smallest absolute Gasteiger partial charge is 0.315 e. The van der Waals surface area contributed by atoms with Gasteiger partial charge >= 0.3 is 6.03 Å². The monoisotopic (exact) mass is 313 g/mol. The molecule has 0 spiro atoms. The normalized spacial score (nSPS) is 15.5. The number of carbonyl (C=O) groups is 1. The summed E-state index contributed by atoms with van der Waals surface area (Å²) in [7, 11) is 2.10. The lowest BCUT2D eigenvalue weighted by Gasteiger charge is -2.22. The van der Waals surface area contributed by atoms with Crippen molar-refractivity contribution in [2.45, 2.75) is 19.9 Å². The number of hydrogen-bond donors (Lipinski definition) is 2. The Morgan fingerprint density at radius 1 is 1.26 bits per heavy atom. The first-order valence-electron chi connectivity index (χ1n) is 7.98. The van der Waals surface area contributed by atoms with Crippen molar-refractivity contribution < 1.29 is 9.21 Å². The second kappa shape index (κ2) is 6.87. The molecule has 5 nitrogen and oxygen atoms in total. The van der Waals surface area contributed by atoms with Crippen LogP contribution in [0.25, 0.3) is 11.0 Å². The van der Waals surface area contributed by atoms with Crippen molar-refractivity contribution >= 4 is 17.0 Å². The Kier molecular flexibility index (Phi) is 4.67. The number of fused-ring (bicyclic) bond motifs is 1. The van der Waals surface area contributed by atoms with Crippen LogP contribution in [0.5, 0.6) is 0 Å². The molecule has 1 aliphatic rings. The number of para-hydroxylation sites is 1. The molecule has 5 heteroatoms. The molecule has 2 heterocycles. The van der Waals surface area contributed by atoms with E-state index in [4.69, 9.17) is 4.42 Å². The zero-order chi connectivity index (χ0) is 16.2. The van der Waals surface area contributed by atoms with Gasteiger partial charge in [-0.15, -0.1) is 0 Å². The molecule has 0 bridgehead atoms. The van der Waals surface area contributed by atoms with Crippen molar-refractivity contribution in [1.29, 1.82) is 0 Å². The van der Waals surface area contributed by atoms with Gasteiger partial charge in [-0.2, -0.15) is 0 Å². The number of rotatable bonds is 4. The summed E-state index contributed by atoms with van der Waals surface area (Å²) in [6.07, 6.45) is 3.20. The average Bonchev–Trinajstić information content (AvgIpc) is 2.89. The summed E-state index contributed by atoms with van der Waals surface area (Å²) in [5, 5.41) is 6.88. The molecule has 2 aromatic rings. The van der Waals surface area contributed by atoms with Crippen molar-refractivity contribution in [3.05, 3.63) is 47.2 Å². The third kappa shape index (κ3) is 3.74. The van der Waals surface area contributed by atoms with E-state index in [2.05, 4.69) is 28.7 Å². The molecule has 2 N–H and O–H groups in total.